The maximum absolute atomic E-state index is 13.6. The lowest BCUT2D eigenvalue weighted by atomic mass is 9.96. The van der Waals surface area contributed by atoms with Gasteiger partial charge in [0.15, 0.2) is 0 Å². The highest BCUT2D eigenvalue weighted by atomic mass is 79.9. The van der Waals surface area contributed by atoms with Gasteiger partial charge >= 0.3 is 5.97 Å². The first-order valence-corrected chi connectivity index (χ1v) is 11.0. The minimum atomic E-state index is -0.595. The van der Waals surface area contributed by atoms with Crippen molar-refractivity contribution in [3.63, 3.8) is 0 Å². The van der Waals surface area contributed by atoms with Crippen LogP contribution in [-0.4, -0.2) is 23.6 Å². The highest BCUT2D eigenvalue weighted by Crippen LogP contribution is 2.33. The second-order valence-electron chi connectivity index (χ2n) is 7.54. The summed E-state index contributed by atoms with van der Waals surface area (Å²) in [5.74, 6) is -0.761. The van der Waals surface area contributed by atoms with Crippen LogP contribution in [0.15, 0.2) is 82.1 Å². The van der Waals surface area contributed by atoms with Gasteiger partial charge in [0.05, 0.1) is 13.7 Å². The molecule has 1 heterocycles. The molecule has 0 fully saturated rings. The zero-order chi connectivity index (χ0) is 23.5. The van der Waals surface area contributed by atoms with Gasteiger partial charge in [-0.25, -0.2) is 4.79 Å². The Balaban J connectivity index is 1.98. The average molecular weight is 505 g/mol. The van der Waals surface area contributed by atoms with Gasteiger partial charge in [-0.15, -0.1) is 0 Å². The Morgan fingerprint density at radius 2 is 1.67 bits per heavy atom. The van der Waals surface area contributed by atoms with Crippen molar-refractivity contribution < 1.29 is 14.3 Å². The Morgan fingerprint density at radius 3 is 2.30 bits per heavy atom. The van der Waals surface area contributed by atoms with Crippen LogP contribution in [0.5, 0.6) is 0 Å². The summed E-state index contributed by atoms with van der Waals surface area (Å²) < 4.78 is 7.37. The summed E-state index contributed by atoms with van der Waals surface area (Å²) in [7, 11) is 1.30. The number of hydrogen-bond donors (Lipinski definition) is 1. The van der Waals surface area contributed by atoms with Gasteiger partial charge in [-0.1, -0.05) is 58.4 Å². The summed E-state index contributed by atoms with van der Waals surface area (Å²) in [6.45, 7) is 1.60. The smallest absolute Gasteiger partial charge is 0.355 e. The first-order valence-electron chi connectivity index (χ1n) is 10.3. The minimum Gasteiger partial charge on any atom is -0.464 e. The molecular weight excluding hydrogens is 484 g/mol. The molecule has 0 saturated carbocycles. The van der Waals surface area contributed by atoms with Crippen LogP contribution in [0, 0.1) is 0 Å². The number of methoxy groups -OCH3 is 1. The molecule has 1 aromatic heterocycles. The molecule has 166 valence electrons. The molecule has 4 rings (SSSR count). The predicted molar refractivity (Wildman–Crippen MR) is 133 cm³/mol. The standard InChI is InChI=1S/C26H21BrN2O4/c1-16(30)28-20-11-8-17(9-12-20)15-29-24(26(32)33-2)23(18-6-4-3-5-7-18)22-14-19(27)10-13-21(22)25(29)31/h3-14H,15H2,1-2H3,(H,28,30). The molecule has 0 unspecified atom stereocenters. The Labute approximate surface area is 198 Å². The lowest BCUT2D eigenvalue weighted by molar-refractivity contribution is -0.114. The van der Waals surface area contributed by atoms with Crippen molar-refractivity contribution in [1.82, 2.24) is 4.57 Å². The van der Waals surface area contributed by atoms with E-state index in [0.717, 1.165) is 15.6 Å². The van der Waals surface area contributed by atoms with E-state index in [2.05, 4.69) is 21.2 Å². The van der Waals surface area contributed by atoms with Crippen molar-refractivity contribution in [2.75, 3.05) is 12.4 Å². The molecular formula is C26H21BrN2O4. The quantitative estimate of drug-likeness (QED) is 0.377. The number of nitrogens with one attached hydrogen (secondary N) is 1. The third-order valence-corrected chi connectivity index (χ3v) is 5.78. The number of amides is 1. The number of rotatable bonds is 5. The summed E-state index contributed by atoms with van der Waals surface area (Å²) >= 11 is 3.48. The van der Waals surface area contributed by atoms with Crippen LogP contribution in [-0.2, 0) is 16.1 Å². The fourth-order valence-electron chi connectivity index (χ4n) is 3.86. The molecule has 3 aromatic carbocycles. The van der Waals surface area contributed by atoms with Crippen LogP contribution >= 0.6 is 15.9 Å². The van der Waals surface area contributed by atoms with E-state index in [1.54, 1.807) is 18.2 Å². The van der Waals surface area contributed by atoms with Crippen LogP contribution in [0.2, 0.25) is 0 Å². The Kier molecular flexibility index (Phi) is 6.42. The number of benzene rings is 3. The lowest BCUT2D eigenvalue weighted by Gasteiger charge is -2.19. The van der Waals surface area contributed by atoms with Crippen molar-refractivity contribution in [2.45, 2.75) is 13.5 Å². The summed E-state index contributed by atoms with van der Waals surface area (Å²) in [6, 6.07) is 22.0. The molecule has 7 heteroatoms. The number of carbonyl (C=O) groups excluding carboxylic acids is 2. The van der Waals surface area contributed by atoms with Crippen LogP contribution < -0.4 is 10.9 Å². The van der Waals surface area contributed by atoms with E-state index in [1.165, 1.54) is 18.6 Å². The molecule has 0 bridgehead atoms. The van der Waals surface area contributed by atoms with Crippen molar-refractivity contribution in [1.29, 1.82) is 0 Å². The molecule has 1 N–H and O–H groups in total. The highest BCUT2D eigenvalue weighted by molar-refractivity contribution is 9.10. The Morgan fingerprint density at radius 1 is 0.970 bits per heavy atom. The number of ether oxygens (including phenoxy) is 1. The molecule has 0 radical (unpaired) electrons. The van der Waals surface area contributed by atoms with Crippen molar-refractivity contribution in [3.8, 4) is 11.1 Å². The number of hydrogen-bond acceptors (Lipinski definition) is 4. The highest BCUT2D eigenvalue weighted by Gasteiger charge is 2.24. The number of carbonyl (C=O) groups is 2. The van der Waals surface area contributed by atoms with Crippen LogP contribution in [0.3, 0.4) is 0 Å². The average Bonchev–Trinajstić information content (AvgIpc) is 2.81. The zero-order valence-corrected chi connectivity index (χ0v) is 19.7. The fourth-order valence-corrected chi connectivity index (χ4v) is 4.22. The molecule has 0 spiro atoms. The van der Waals surface area contributed by atoms with E-state index in [-0.39, 0.29) is 23.7 Å². The van der Waals surface area contributed by atoms with Crippen molar-refractivity contribution in [2.24, 2.45) is 0 Å². The number of anilines is 1. The van der Waals surface area contributed by atoms with Gasteiger partial charge < -0.3 is 10.1 Å². The van der Waals surface area contributed by atoms with Crippen LogP contribution in [0.1, 0.15) is 23.0 Å². The molecule has 0 aliphatic heterocycles. The maximum Gasteiger partial charge on any atom is 0.355 e. The van der Waals surface area contributed by atoms with Gasteiger partial charge in [0.2, 0.25) is 5.91 Å². The Hall–Kier alpha value is -3.71. The van der Waals surface area contributed by atoms with Gasteiger partial charge in [-0.3, -0.25) is 14.2 Å². The number of pyridine rings is 1. The minimum absolute atomic E-state index is 0.162. The molecule has 6 nitrogen and oxygen atoms in total. The van der Waals surface area contributed by atoms with Gasteiger partial charge in [-0.05, 0) is 46.8 Å². The molecule has 0 atom stereocenters. The fraction of sp³-hybridized carbons (Fsp3) is 0.115. The van der Waals surface area contributed by atoms with Gasteiger partial charge in [0.1, 0.15) is 5.69 Å². The third-order valence-electron chi connectivity index (χ3n) is 5.29. The monoisotopic (exact) mass is 504 g/mol. The summed E-state index contributed by atoms with van der Waals surface area (Å²) in [6.07, 6.45) is 0. The molecule has 1 amide bonds. The molecule has 0 saturated heterocycles. The van der Waals surface area contributed by atoms with Crippen molar-refractivity contribution in [3.05, 3.63) is 98.9 Å². The van der Waals surface area contributed by atoms with E-state index in [1.807, 2.05) is 54.6 Å². The lowest BCUT2D eigenvalue weighted by Crippen LogP contribution is -2.28. The van der Waals surface area contributed by atoms with E-state index in [4.69, 9.17) is 4.74 Å². The summed E-state index contributed by atoms with van der Waals surface area (Å²) in [5.41, 5.74) is 2.78. The summed E-state index contributed by atoms with van der Waals surface area (Å²) in [5, 5.41) is 3.88. The van der Waals surface area contributed by atoms with Gasteiger partial charge in [0.25, 0.3) is 5.56 Å². The van der Waals surface area contributed by atoms with E-state index >= 15 is 0 Å². The molecule has 33 heavy (non-hydrogen) atoms. The molecule has 0 aliphatic carbocycles. The second kappa shape index (κ2) is 9.42. The zero-order valence-electron chi connectivity index (χ0n) is 18.1. The molecule has 0 aliphatic rings. The number of nitrogens with zero attached hydrogens (tertiary/aromatic N) is 1. The van der Waals surface area contributed by atoms with Gasteiger partial charge in [0, 0.05) is 28.0 Å². The van der Waals surface area contributed by atoms with Gasteiger partial charge in [-0.2, -0.15) is 0 Å². The number of fused-ring (bicyclic) bond motifs is 1. The molecule has 4 aromatic rings. The van der Waals surface area contributed by atoms with Crippen LogP contribution in [0.25, 0.3) is 21.9 Å². The number of halogens is 1. The second-order valence-corrected chi connectivity index (χ2v) is 8.46. The number of aromatic nitrogens is 1. The SMILES string of the molecule is COC(=O)c1c(-c2ccccc2)c2cc(Br)ccc2c(=O)n1Cc1ccc(NC(C)=O)cc1. The number of esters is 1. The van der Waals surface area contributed by atoms with E-state index in [9.17, 15) is 14.4 Å². The third kappa shape index (κ3) is 4.59. The van der Waals surface area contributed by atoms with Crippen molar-refractivity contribution >= 4 is 44.3 Å². The first kappa shape index (κ1) is 22.5. The normalized spacial score (nSPS) is 10.8. The predicted octanol–water partition coefficient (Wildman–Crippen LogP) is 5.22. The maximum atomic E-state index is 13.6. The topological polar surface area (TPSA) is 77.4 Å². The first-order chi connectivity index (χ1) is 15.9. The largest absolute Gasteiger partial charge is 0.464 e. The van der Waals surface area contributed by atoms with E-state index < -0.39 is 5.97 Å². The van der Waals surface area contributed by atoms with Crippen LogP contribution in [0.4, 0.5) is 5.69 Å². The summed E-state index contributed by atoms with van der Waals surface area (Å²) in [4.78, 5) is 37.9. The Bertz CT molecular complexity index is 1410. The van der Waals surface area contributed by atoms with E-state index in [0.29, 0.717) is 22.0 Å².